The molecule has 2 heterocycles. The minimum absolute atomic E-state index is 0.00244. The van der Waals surface area contributed by atoms with E-state index in [1.807, 2.05) is 43.9 Å². The van der Waals surface area contributed by atoms with Crippen molar-refractivity contribution in [1.29, 1.82) is 0 Å². The quantitative estimate of drug-likeness (QED) is 0.887. The number of carbonyl (C=O) groups is 2. The SMILES string of the molecule is CC(NC(=O)C(C)(C)C)C(=O)N1CCCCC1c1nc2ccccc2s1. The first-order chi connectivity index (χ1) is 12.3. The van der Waals surface area contributed by atoms with Crippen LogP contribution in [0.25, 0.3) is 10.2 Å². The van der Waals surface area contributed by atoms with E-state index in [-0.39, 0.29) is 17.9 Å². The smallest absolute Gasteiger partial charge is 0.245 e. The zero-order valence-corrected chi connectivity index (χ0v) is 16.7. The maximum Gasteiger partial charge on any atom is 0.245 e. The highest BCUT2D eigenvalue weighted by Crippen LogP contribution is 2.36. The summed E-state index contributed by atoms with van der Waals surface area (Å²) < 4.78 is 1.15. The number of thiazole rings is 1. The molecule has 2 amide bonds. The molecule has 2 atom stereocenters. The molecule has 0 radical (unpaired) electrons. The first-order valence-corrected chi connectivity index (χ1v) is 10.1. The summed E-state index contributed by atoms with van der Waals surface area (Å²) in [6.45, 7) is 8.05. The molecule has 0 saturated carbocycles. The number of nitrogens with one attached hydrogen (secondary N) is 1. The summed E-state index contributed by atoms with van der Waals surface area (Å²) in [5.74, 6) is -0.126. The minimum atomic E-state index is -0.531. The van der Waals surface area contributed by atoms with Gasteiger partial charge in [-0.2, -0.15) is 0 Å². The molecule has 0 spiro atoms. The van der Waals surface area contributed by atoms with E-state index in [0.29, 0.717) is 0 Å². The molecule has 6 heteroatoms. The van der Waals surface area contributed by atoms with Crippen LogP contribution < -0.4 is 5.32 Å². The molecule has 1 N–H and O–H groups in total. The maximum atomic E-state index is 13.0. The number of carbonyl (C=O) groups excluding carboxylic acids is 2. The molecular weight excluding hydrogens is 346 g/mol. The molecule has 1 aliphatic heterocycles. The fourth-order valence-corrected chi connectivity index (χ4v) is 4.32. The van der Waals surface area contributed by atoms with Crippen molar-refractivity contribution < 1.29 is 9.59 Å². The van der Waals surface area contributed by atoms with Gasteiger partial charge < -0.3 is 10.2 Å². The van der Waals surface area contributed by atoms with Crippen LogP contribution >= 0.6 is 11.3 Å². The number of fused-ring (bicyclic) bond motifs is 1. The van der Waals surface area contributed by atoms with Crippen LogP contribution in [0.5, 0.6) is 0 Å². The zero-order chi connectivity index (χ0) is 18.9. The summed E-state index contributed by atoms with van der Waals surface area (Å²) in [5.41, 5.74) is 0.475. The fourth-order valence-electron chi connectivity index (χ4n) is 3.21. The van der Waals surface area contributed by atoms with Gasteiger partial charge in [-0.05, 0) is 38.3 Å². The Kier molecular flexibility index (Phi) is 5.32. The van der Waals surface area contributed by atoms with E-state index in [9.17, 15) is 9.59 Å². The van der Waals surface area contributed by atoms with E-state index >= 15 is 0 Å². The predicted octanol–water partition coefficient (Wildman–Crippen LogP) is 3.90. The van der Waals surface area contributed by atoms with Crippen molar-refractivity contribution in [2.24, 2.45) is 5.41 Å². The van der Waals surface area contributed by atoms with Crippen molar-refractivity contribution in [1.82, 2.24) is 15.2 Å². The van der Waals surface area contributed by atoms with Crippen LogP contribution in [0.1, 0.15) is 58.0 Å². The third-order valence-electron chi connectivity index (χ3n) is 4.78. The lowest BCUT2D eigenvalue weighted by Crippen LogP contribution is -2.51. The third-order valence-corrected chi connectivity index (χ3v) is 5.92. The van der Waals surface area contributed by atoms with Gasteiger partial charge in [0.15, 0.2) is 0 Å². The second-order valence-electron chi connectivity index (χ2n) is 8.01. The number of hydrogen-bond donors (Lipinski definition) is 1. The lowest BCUT2D eigenvalue weighted by molar-refractivity contribution is -0.141. The van der Waals surface area contributed by atoms with Gasteiger partial charge >= 0.3 is 0 Å². The van der Waals surface area contributed by atoms with Gasteiger partial charge in [-0.15, -0.1) is 11.3 Å². The van der Waals surface area contributed by atoms with Crippen LogP contribution in [0.2, 0.25) is 0 Å². The molecule has 0 bridgehead atoms. The van der Waals surface area contributed by atoms with Gasteiger partial charge in [-0.25, -0.2) is 4.98 Å². The van der Waals surface area contributed by atoms with Crippen molar-refractivity contribution in [3.05, 3.63) is 29.3 Å². The van der Waals surface area contributed by atoms with Crippen LogP contribution in [0.3, 0.4) is 0 Å². The molecule has 1 aromatic carbocycles. The molecule has 26 heavy (non-hydrogen) atoms. The summed E-state index contributed by atoms with van der Waals surface area (Å²) in [4.78, 5) is 32.0. The molecule has 2 unspecified atom stereocenters. The number of aromatic nitrogens is 1. The normalized spacial score (nSPS) is 19.4. The van der Waals surface area contributed by atoms with Crippen molar-refractivity contribution in [2.45, 2.75) is 59.0 Å². The number of likely N-dealkylation sites (tertiary alicyclic amines) is 1. The molecule has 140 valence electrons. The first kappa shape index (κ1) is 18.8. The van der Waals surface area contributed by atoms with Crippen LogP contribution in [-0.4, -0.2) is 34.3 Å². The second-order valence-corrected chi connectivity index (χ2v) is 9.07. The number of hydrogen-bond acceptors (Lipinski definition) is 4. The van der Waals surface area contributed by atoms with Gasteiger partial charge in [-0.3, -0.25) is 9.59 Å². The Hall–Kier alpha value is -1.95. The summed E-state index contributed by atoms with van der Waals surface area (Å²) in [7, 11) is 0. The standard InChI is InChI=1S/C20H27N3O2S/c1-13(21-19(25)20(2,3)4)18(24)23-12-8-7-10-15(23)17-22-14-9-5-6-11-16(14)26-17/h5-6,9,11,13,15H,7-8,10,12H2,1-4H3,(H,21,25). The molecule has 0 aliphatic carbocycles. The van der Waals surface area contributed by atoms with Gasteiger partial charge in [0.1, 0.15) is 11.0 Å². The molecule has 1 aliphatic rings. The zero-order valence-electron chi connectivity index (χ0n) is 15.9. The van der Waals surface area contributed by atoms with Crippen molar-refractivity contribution in [3.8, 4) is 0 Å². The molecule has 5 nitrogen and oxygen atoms in total. The van der Waals surface area contributed by atoms with E-state index in [0.717, 1.165) is 41.0 Å². The Morgan fingerprint density at radius 3 is 2.69 bits per heavy atom. The first-order valence-electron chi connectivity index (χ1n) is 9.24. The van der Waals surface area contributed by atoms with E-state index < -0.39 is 11.5 Å². The average molecular weight is 374 g/mol. The molecule has 1 fully saturated rings. The van der Waals surface area contributed by atoms with Crippen LogP contribution in [0.15, 0.2) is 24.3 Å². The number of para-hydroxylation sites is 1. The van der Waals surface area contributed by atoms with Crippen LogP contribution in [-0.2, 0) is 9.59 Å². The molecular formula is C20H27N3O2S. The number of amides is 2. The summed E-state index contributed by atoms with van der Waals surface area (Å²) in [6, 6.07) is 7.55. The highest BCUT2D eigenvalue weighted by atomic mass is 32.1. The Labute approximate surface area is 158 Å². The van der Waals surface area contributed by atoms with Crippen molar-refractivity contribution in [3.63, 3.8) is 0 Å². The Morgan fingerprint density at radius 1 is 1.27 bits per heavy atom. The van der Waals surface area contributed by atoms with Crippen molar-refractivity contribution >= 4 is 33.4 Å². The predicted molar refractivity (Wildman–Crippen MR) is 105 cm³/mol. The minimum Gasteiger partial charge on any atom is -0.344 e. The van der Waals surface area contributed by atoms with Crippen LogP contribution in [0.4, 0.5) is 0 Å². The number of rotatable bonds is 3. The molecule has 1 aromatic heterocycles. The fraction of sp³-hybridized carbons (Fsp3) is 0.550. The van der Waals surface area contributed by atoms with Gasteiger partial charge in [-0.1, -0.05) is 32.9 Å². The van der Waals surface area contributed by atoms with Crippen LogP contribution in [0, 0.1) is 5.41 Å². The van der Waals surface area contributed by atoms with E-state index in [2.05, 4.69) is 11.4 Å². The Morgan fingerprint density at radius 2 is 2.00 bits per heavy atom. The van der Waals surface area contributed by atoms with E-state index in [4.69, 9.17) is 4.98 Å². The van der Waals surface area contributed by atoms with Gasteiger partial charge in [0.05, 0.1) is 16.3 Å². The maximum absolute atomic E-state index is 13.0. The molecule has 3 rings (SSSR count). The third kappa shape index (κ3) is 3.90. The number of nitrogens with zero attached hydrogens (tertiary/aromatic N) is 2. The lowest BCUT2D eigenvalue weighted by atomic mass is 9.95. The monoisotopic (exact) mass is 373 g/mol. The molecule has 2 aromatic rings. The highest BCUT2D eigenvalue weighted by molar-refractivity contribution is 7.18. The van der Waals surface area contributed by atoms with Crippen molar-refractivity contribution in [2.75, 3.05) is 6.54 Å². The van der Waals surface area contributed by atoms with E-state index in [1.165, 1.54) is 0 Å². The molecule has 1 saturated heterocycles. The topological polar surface area (TPSA) is 62.3 Å². The van der Waals surface area contributed by atoms with Gasteiger partial charge in [0.2, 0.25) is 11.8 Å². The lowest BCUT2D eigenvalue weighted by Gasteiger charge is -2.36. The largest absolute Gasteiger partial charge is 0.344 e. The summed E-state index contributed by atoms with van der Waals surface area (Å²) in [6.07, 6.45) is 3.01. The highest BCUT2D eigenvalue weighted by Gasteiger charge is 2.34. The van der Waals surface area contributed by atoms with E-state index in [1.54, 1.807) is 18.3 Å². The van der Waals surface area contributed by atoms with Gasteiger partial charge in [0.25, 0.3) is 0 Å². The number of piperidine rings is 1. The Bertz CT molecular complexity index is 776. The Balaban J connectivity index is 1.79. The summed E-state index contributed by atoms with van der Waals surface area (Å²) in [5, 5.41) is 3.86. The number of benzene rings is 1. The van der Waals surface area contributed by atoms with Gasteiger partial charge in [0, 0.05) is 12.0 Å². The average Bonchev–Trinajstić information content (AvgIpc) is 3.04. The summed E-state index contributed by atoms with van der Waals surface area (Å²) >= 11 is 1.66. The second kappa shape index (κ2) is 7.35.